The number of carbonyl (C=O) groups is 1. The van der Waals surface area contributed by atoms with Gasteiger partial charge in [-0.25, -0.2) is 4.68 Å². The van der Waals surface area contributed by atoms with Crippen molar-refractivity contribution in [1.29, 1.82) is 0 Å². The van der Waals surface area contributed by atoms with Crippen molar-refractivity contribution in [3.8, 4) is 0 Å². The lowest BCUT2D eigenvalue weighted by Crippen LogP contribution is -2.19. The summed E-state index contributed by atoms with van der Waals surface area (Å²) in [4.78, 5) is 11.6. The van der Waals surface area contributed by atoms with Gasteiger partial charge in [0.05, 0.1) is 11.9 Å². The van der Waals surface area contributed by atoms with Crippen LogP contribution in [0.4, 0.5) is 5.69 Å². The van der Waals surface area contributed by atoms with Crippen molar-refractivity contribution in [3.63, 3.8) is 0 Å². The first-order valence-electron chi connectivity index (χ1n) is 4.64. The van der Waals surface area contributed by atoms with Gasteiger partial charge in [0.15, 0.2) is 0 Å². The maximum atomic E-state index is 11.6. The molecule has 0 aliphatic rings. The van der Waals surface area contributed by atoms with Crippen molar-refractivity contribution in [1.82, 2.24) is 15.0 Å². The normalized spacial score (nSPS) is 10.1. The predicted octanol–water partition coefficient (Wildman–Crippen LogP) is 1.52. The van der Waals surface area contributed by atoms with Crippen molar-refractivity contribution < 1.29 is 4.79 Å². The number of aromatic nitrogens is 3. The van der Waals surface area contributed by atoms with Crippen LogP contribution < -0.4 is 5.32 Å². The Kier molecular flexibility index (Phi) is 3.50. The molecule has 0 aliphatic carbocycles. The van der Waals surface area contributed by atoms with Crippen molar-refractivity contribution in [3.05, 3.63) is 40.2 Å². The van der Waals surface area contributed by atoms with Gasteiger partial charge in [-0.3, -0.25) is 4.79 Å². The zero-order chi connectivity index (χ0) is 11.4. The Bertz CT molecular complexity index is 483. The topological polar surface area (TPSA) is 59.8 Å². The van der Waals surface area contributed by atoms with Gasteiger partial charge < -0.3 is 5.32 Å². The summed E-state index contributed by atoms with van der Waals surface area (Å²) >= 11 is 2.17. The number of para-hydroxylation sites is 1. The molecule has 0 fully saturated rings. The first-order valence-corrected chi connectivity index (χ1v) is 5.72. The number of amides is 1. The molecule has 2 aromatic rings. The Hall–Kier alpha value is -1.44. The number of carbonyl (C=O) groups excluding carboxylic acids is 1. The third kappa shape index (κ3) is 2.78. The van der Waals surface area contributed by atoms with Crippen LogP contribution >= 0.6 is 22.6 Å². The predicted molar refractivity (Wildman–Crippen MR) is 67.8 cm³/mol. The van der Waals surface area contributed by atoms with E-state index in [1.165, 1.54) is 4.68 Å². The van der Waals surface area contributed by atoms with E-state index in [9.17, 15) is 4.79 Å². The van der Waals surface area contributed by atoms with Crippen LogP contribution in [0.2, 0.25) is 0 Å². The van der Waals surface area contributed by atoms with Crippen LogP contribution in [-0.2, 0) is 11.3 Å². The minimum Gasteiger partial charge on any atom is -0.324 e. The molecule has 0 atom stereocenters. The van der Waals surface area contributed by atoms with E-state index in [2.05, 4.69) is 38.2 Å². The fraction of sp³-hybridized carbons (Fsp3) is 0.100. The van der Waals surface area contributed by atoms with E-state index in [-0.39, 0.29) is 12.5 Å². The zero-order valence-electron chi connectivity index (χ0n) is 8.30. The average molecular weight is 328 g/mol. The summed E-state index contributed by atoms with van der Waals surface area (Å²) in [6, 6.07) is 7.61. The van der Waals surface area contributed by atoms with Crippen molar-refractivity contribution in [2.75, 3.05) is 5.32 Å². The number of anilines is 1. The van der Waals surface area contributed by atoms with Gasteiger partial charge in [-0.1, -0.05) is 17.3 Å². The highest BCUT2D eigenvalue weighted by Gasteiger charge is 2.05. The number of hydrogen-bond acceptors (Lipinski definition) is 3. The SMILES string of the molecule is O=C(Cn1ccnn1)Nc1ccccc1I. The van der Waals surface area contributed by atoms with Gasteiger partial charge in [-0.15, -0.1) is 5.10 Å². The molecule has 0 spiro atoms. The lowest BCUT2D eigenvalue weighted by Gasteiger charge is -2.06. The second kappa shape index (κ2) is 5.06. The molecular weight excluding hydrogens is 319 g/mol. The quantitative estimate of drug-likeness (QED) is 0.869. The summed E-state index contributed by atoms with van der Waals surface area (Å²) in [5, 5.41) is 10.2. The fourth-order valence-electron chi connectivity index (χ4n) is 1.22. The minimum atomic E-state index is -0.116. The second-order valence-electron chi connectivity index (χ2n) is 3.13. The van der Waals surface area contributed by atoms with E-state index in [0.29, 0.717) is 0 Å². The molecule has 1 aromatic carbocycles. The maximum absolute atomic E-state index is 11.6. The molecule has 1 N–H and O–H groups in total. The Morgan fingerprint density at radius 1 is 1.44 bits per heavy atom. The largest absolute Gasteiger partial charge is 0.324 e. The Labute approximate surface area is 106 Å². The third-order valence-corrected chi connectivity index (χ3v) is 2.87. The number of nitrogens with one attached hydrogen (secondary N) is 1. The summed E-state index contributed by atoms with van der Waals surface area (Å²) in [5.74, 6) is -0.116. The minimum absolute atomic E-state index is 0.116. The summed E-state index contributed by atoms with van der Waals surface area (Å²) in [6.07, 6.45) is 3.19. The highest BCUT2D eigenvalue weighted by atomic mass is 127. The molecule has 1 amide bonds. The number of benzene rings is 1. The van der Waals surface area contributed by atoms with Crippen molar-refractivity contribution in [2.24, 2.45) is 0 Å². The summed E-state index contributed by atoms with van der Waals surface area (Å²) in [7, 11) is 0. The molecule has 2 rings (SSSR count). The van der Waals surface area contributed by atoms with Crippen LogP contribution in [0.15, 0.2) is 36.7 Å². The molecule has 16 heavy (non-hydrogen) atoms. The molecule has 1 aromatic heterocycles. The van der Waals surface area contributed by atoms with E-state index in [4.69, 9.17) is 0 Å². The number of halogens is 1. The van der Waals surface area contributed by atoms with E-state index in [1.54, 1.807) is 12.4 Å². The first-order chi connectivity index (χ1) is 7.75. The van der Waals surface area contributed by atoms with Crippen molar-refractivity contribution in [2.45, 2.75) is 6.54 Å². The first kappa shape index (κ1) is 11.1. The molecule has 6 heteroatoms. The smallest absolute Gasteiger partial charge is 0.246 e. The lowest BCUT2D eigenvalue weighted by molar-refractivity contribution is -0.116. The monoisotopic (exact) mass is 328 g/mol. The van der Waals surface area contributed by atoms with Gasteiger partial charge in [0.2, 0.25) is 5.91 Å². The summed E-state index contributed by atoms with van der Waals surface area (Å²) in [6.45, 7) is 0.172. The van der Waals surface area contributed by atoms with Crippen LogP contribution in [0.3, 0.4) is 0 Å². The standard InChI is InChI=1S/C10H9IN4O/c11-8-3-1-2-4-9(8)13-10(16)7-15-6-5-12-14-15/h1-6H,7H2,(H,13,16). The highest BCUT2D eigenvalue weighted by molar-refractivity contribution is 14.1. The number of hydrogen-bond donors (Lipinski definition) is 1. The van der Waals surface area contributed by atoms with E-state index >= 15 is 0 Å². The zero-order valence-corrected chi connectivity index (χ0v) is 10.5. The molecule has 5 nitrogen and oxygen atoms in total. The van der Waals surface area contributed by atoms with Gasteiger partial charge in [0.1, 0.15) is 6.54 Å². The van der Waals surface area contributed by atoms with E-state index in [0.717, 1.165) is 9.26 Å². The van der Waals surface area contributed by atoms with Gasteiger partial charge in [0, 0.05) is 9.77 Å². The Morgan fingerprint density at radius 3 is 2.94 bits per heavy atom. The third-order valence-electron chi connectivity index (χ3n) is 1.93. The molecule has 0 bridgehead atoms. The second-order valence-corrected chi connectivity index (χ2v) is 4.29. The fourth-order valence-corrected chi connectivity index (χ4v) is 1.74. The van der Waals surface area contributed by atoms with Crippen LogP contribution in [0, 0.1) is 3.57 Å². The van der Waals surface area contributed by atoms with E-state index in [1.807, 2.05) is 24.3 Å². The lowest BCUT2D eigenvalue weighted by atomic mass is 10.3. The molecule has 0 saturated carbocycles. The van der Waals surface area contributed by atoms with Crippen LogP contribution in [0.5, 0.6) is 0 Å². The van der Waals surface area contributed by atoms with Gasteiger partial charge in [0.25, 0.3) is 0 Å². The van der Waals surface area contributed by atoms with Gasteiger partial charge in [-0.2, -0.15) is 0 Å². The van der Waals surface area contributed by atoms with Crippen LogP contribution in [-0.4, -0.2) is 20.9 Å². The van der Waals surface area contributed by atoms with Gasteiger partial charge in [-0.05, 0) is 34.7 Å². The maximum Gasteiger partial charge on any atom is 0.246 e. The Balaban J connectivity index is 2.00. The molecule has 0 unspecified atom stereocenters. The van der Waals surface area contributed by atoms with Crippen LogP contribution in [0.25, 0.3) is 0 Å². The molecule has 82 valence electrons. The van der Waals surface area contributed by atoms with Crippen LogP contribution in [0.1, 0.15) is 0 Å². The van der Waals surface area contributed by atoms with Crippen molar-refractivity contribution >= 4 is 34.2 Å². The molecular formula is C10H9IN4O. The number of nitrogens with zero attached hydrogens (tertiary/aromatic N) is 3. The number of rotatable bonds is 3. The summed E-state index contributed by atoms with van der Waals surface area (Å²) < 4.78 is 2.48. The molecule has 1 heterocycles. The molecule has 0 saturated heterocycles. The van der Waals surface area contributed by atoms with Gasteiger partial charge >= 0.3 is 0 Å². The highest BCUT2D eigenvalue weighted by Crippen LogP contribution is 2.16. The Morgan fingerprint density at radius 2 is 2.25 bits per heavy atom. The average Bonchev–Trinajstić information content (AvgIpc) is 2.74. The molecule has 0 aliphatic heterocycles. The summed E-state index contributed by atoms with van der Waals surface area (Å²) in [5.41, 5.74) is 0.813. The van der Waals surface area contributed by atoms with E-state index < -0.39 is 0 Å². The molecule has 0 radical (unpaired) electrons.